The average molecular weight is 266 g/mol. The first-order chi connectivity index (χ1) is 9.00. The summed E-state index contributed by atoms with van der Waals surface area (Å²) in [6.45, 7) is 3.59. The molecule has 2 atom stereocenters. The summed E-state index contributed by atoms with van der Waals surface area (Å²) >= 11 is 0. The van der Waals surface area contributed by atoms with Crippen LogP contribution in [0.15, 0.2) is 4.52 Å². The quantitative estimate of drug-likeness (QED) is 0.874. The smallest absolute Gasteiger partial charge is 0.307 e. The zero-order valence-corrected chi connectivity index (χ0v) is 11.1. The van der Waals surface area contributed by atoms with Crippen LogP contribution < -0.4 is 5.32 Å². The van der Waals surface area contributed by atoms with E-state index < -0.39 is 17.8 Å². The second-order valence-corrected chi connectivity index (χ2v) is 5.05. The number of carbonyl (C=O) groups is 2. The number of carbonyl (C=O) groups excluding carboxylic acids is 1. The predicted octanol–water partition coefficient (Wildman–Crippen LogP) is 2.12. The zero-order valence-electron chi connectivity index (χ0n) is 11.1. The van der Waals surface area contributed by atoms with Crippen LogP contribution >= 0.6 is 0 Å². The lowest BCUT2D eigenvalue weighted by Gasteiger charge is -2.26. The highest BCUT2D eigenvalue weighted by Crippen LogP contribution is 2.31. The van der Waals surface area contributed by atoms with Crippen LogP contribution in [0.2, 0.25) is 0 Å². The number of aromatic nitrogens is 1. The normalized spacial score (nSPS) is 23.1. The van der Waals surface area contributed by atoms with Crippen molar-refractivity contribution in [2.45, 2.75) is 39.5 Å². The lowest BCUT2D eigenvalue weighted by Crippen LogP contribution is -2.36. The molecule has 0 unspecified atom stereocenters. The van der Waals surface area contributed by atoms with Gasteiger partial charge in [-0.2, -0.15) is 0 Å². The van der Waals surface area contributed by atoms with E-state index in [9.17, 15) is 9.59 Å². The van der Waals surface area contributed by atoms with Gasteiger partial charge in [-0.15, -0.1) is 0 Å². The molecule has 6 nitrogen and oxygen atoms in total. The number of hydrogen-bond donors (Lipinski definition) is 2. The number of carboxylic acids is 1. The molecule has 0 aromatic carbocycles. The Morgan fingerprint density at radius 1 is 1.26 bits per heavy atom. The number of amides is 1. The molecule has 1 aromatic heterocycles. The van der Waals surface area contributed by atoms with Crippen molar-refractivity contribution in [2.24, 2.45) is 11.8 Å². The van der Waals surface area contributed by atoms with Gasteiger partial charge in [-0.05, 0) is 26.7 Å². The van der Waals surface area contributed by atoms with Gasteiger partial charge in [-0.1, -0.05) is 18.0 Å². The van der Waals surface area contributed by atoms with Crippen molar-refractivity contribution in [2.75, 3.05) is 5.32 Å². The third-order valence-corrected chi connectivity index (χ3v) is 3.81. The minimum atomic E-state index is -0.898. The first-order valence-corrected chi connectivity index (χ1v) is 6.47. The van der Waals surface area contributed by atoms with E-state index >= 15 is 0 Å². The highest BCUT2D eigenvalue weighted by atomic mass is 16.5. The van der Waals surface area contributed by atoms with Crippen LogP contribution in [0.25, 0.3) is 0 Å². The molecule has 1 heterocycles. The maximum atomic E-state index is 12.2. The van der Waals surface area contributed by atoms with Gasteiger partial charge >= 0.3 is 5.97 Å². The van der Waals surface area contributed by atoms with Crippen molar-refractivity contribution in [3.05, 3.63) is 11.3 Å². The first-order valence-electron chi connectivity index (χ1n) is 6.47. The van der Waals surface area contributed by atoms with E-state index in [0.29, 0.717) is 24.4 Å². The molecule has 1 aromatic rings. The predicted molar refractivity (Wildman–Crippen MR) is 67.7 cm³/mol. The van der Waals surface area contributed by atoms with Crippen LogP contribution in [-0.4, -0.2) is 22.1 Å². The molecule has 0 bridgehead atoms. The molecule has 2 N–H and O–H groups in total. The van der Waals surface area contributed by atoms with Gasteiger partial charge in [0.15, 0.2) is 0 Å². The van der Waals surface area contributed by atoms with Crippen LogP contribution in [0.5, 0.6) is 0 Å². The number of anilines is 1. The van der Waals surface area contributed by atoms with Gasteiger partial charge in [-0.25, -0.2) is 0 Å². The molecule has 0 aliphatic heterocycles. The monoisotopic (exact) mass is 266 g/mol. The Hall–Kier alpha value is -1.85. The van der Waals surface area contributed by atoms with Crippen molar-refractivity contribution in [3.63, 3.8) is 0 Å². The van der Waals surface area contributed by atoms with Crippen molar-refractivity contribution in [1.82, 2.24) is 5.16 Å². The highest BCUT2D eigenvalue weighted by Gasteiger charge is 2.36. The van der Waals surface area contributed by atoms with Crippen molar-refractivity contribution in [1.29, 1.82) is 0 Å². The summed E-state index contributed by atoms with van der Waals surface area (Å²) in [7, 11) is 0. The topological polar surface area (TPSA) is 92.4 Å². The van der Waals surface area contributed by atoms with Crippen molar-refractivity contribution < 1.29 is 19.2 Å². The van der Waals surface area contributed by atoms with E-state index in [1.54, 1.807) is 13.8 Å². The van der Waals surface area contributed by atoms with Crippen LogP contribution in [0.3, 0.4) is 0 Å². The summed E-state index contributed by atoms with van der Waals surface area (Å²) in [6, 6.07) is 0. The fourth-order valence-electron chi connectivity index (χ4n) is 2.48. The lowest BCUT2D eigenvalue weighted by molar-refractivity contribution is -0.147. The van der Waals surface area contributed by atoms with E-state index in [1.165, 1.54) is 0 Å². The Morgan fingerprint density at radius 2 is 1.89 bits per heavy atom. The minimum absolute atomic E-state index is 0.286. The van der Waals surface area contributed by atoms with Crippen molar-refractivity contribution in [3.8, 4) is 0 Å². The Morgan fingerprint density at radius 3 is 2.42 bits per heavy atom. The molecule has 1 aliphatic carbocycles. The lowest BCUT2D eigenvalue weighted by atomic mass is 9.79. The molecule has 104 valence electrons. The van der Waals surface area contributed by atoms with Crippen LogP contribution in [0, 0.1) is 25.7 Å². The number of nitrogens with zero attached hydrogens (tertiary/aromatic N) is 1. The number of hydrogen-bond acceptors (Lipinski definition) is 4. The van der Waals surface area contributed by atoms with Gasteiger partial charge in [0.25, 0.3) is 0 Å². The maximum absolute atomic E-state index is 12.2. The van der Waals surface area contributed by atoms with Gasteiger partial charge in [-0.3, -0.25) is 14.9 Å². The van der Waals surface area contributed by atoms with Crippen LogP contribution in [0.1, 0.15) is 36.9 Å². The molecule has 2 rings (SSSR count). The summed E-state index contributed by atoms with van der Waals surface area (Å²) in [6.07, 6.45) is 2.91. The number of rotatable bonds is 3. The number of carboxylic acid groups (broad SMARTS) is 1. The van der Waals surface area contributed by atoms with Gasteiger partial charge in [0.05, 0.1) is 17.5 Å². The van der Waals surface area contributed by atoms with E-state index in [0.717, 1.165) is 18.4 Å². The number of aryl methyl sites for hydroxylation is 1. The van der Waals surface area contributed by atoms with Gasteiger partial charge < -0.3 is 9.63 Å². The van der Waals surface area contributed by atoms with Gasteiger partial charge in [0.2, 0.25) is 11.8 Å². The molecule has 19 heavy (non-hydrogen) atoms. The summed E-state index contributed by atoms with van der Waals surface area (Å²) in [5.74, 6) is -1.96. The average Bonchev–Trinajstić information content (AvgIpc) is 2.70. The minimum Gasteiger partial charge on any atom is -0.481 e. The first kappa shape index (κ1) is 13.6. The molecule has 1 aliphatic rings. The van der Waals surface area contributed by atoms with E-state index in [-0.39, 0.29) is 5.91 Å². The molecule has 1 fully saturated rings. The third-order valence-electron chi connectivity index (χ3n) is 3.81. The summed E-state index contributed by atoms with van der Waals surface area (Å²) in [4.78, 5) is 23.4. The molecule has 1 amide bonds. The largest absolute Gasteiger partial charge is 0.481 e. The highest BCUT2D eigenvalue weighted by molar-refractivity contribution is 5.94. The van der Waals surface area contributed by atoms with E-state index in [2.05, 4.69) is 10.5 Å². The van der Waals surface area contributed by atoms with Gasteiger partial charge in [0.1, 0.15) is 0 Å². The summed E-state index contributed by atoms with van der Waals surface area (Å²) in [5, 5.41) is 15.6. The maximum Gasteiger partial charge on any atom is 0.307 e. The Bertz CT molecular complexity index is 495. The Kier molecular flexibility index (Phi) is 3.87. The van der Waals surface area contributed by atoms with Crippen LogP contribution in [0.4, 0.5) is 5.88 Å². The zero-order chi connectivity index (χ0) is 14.0. The standard InChI is InChI=1S/C13H18N2O4/c1-7-8(2)15-19-12(7)14-11(16)9-5-3-4-6-10(9)13(17)18/h9-10H,3-6H2,1-2H3,(H,14,16)(H,17,18)/t9-,10+/m1/s1. The van der Waals surface area contributed by atoms with Gasteiger partial charge in [0, 0.05) is 5.56 Å². The third kappa shape index (κ3) is 2.77. The van der Waals surface area contributed by atoms with E-state index in [4.69, 9.17) is 9.63 Å². The molecular weight excluding hydrogens is 248 g/mol. The fourth-order valence-corrected chi connectivity index (χ4v) is 2.48. The Balaban J connectivity index is 2.10. The summed E-state index contributed by atoms with van der Waals surface area (Å²) in [5.41, 5.74) is 1.49. The summed E-state index contributed by atoms with van der Waals surface area (Å²) < 4.78 is 5.02. The molecule has 0 radical (unpaired) electrons. The molecule has 0 saturated heterocycles. The fraction of sp³-hybridized carbons (Fsp3) is 0.615. The number of nitrogens with one attached hydrogen (secondary N) is 1. The second-order valence-electron chi connectivity index (χ2n) is 5.05. The van der Waals surface area contributed by atoms with Crippen molar-refractivity contribution >= 4 is 17.8 Å². The Labute approximate surface area is 111 Å². The SMILES string of the molecule is Cc1noc(NC(=O)[C@@H]2CCCC[C@@H]2C(=O)O)c1C. The number of aliphatic carboxylic acids is 1. The molecular formula is C13H18N2O4. The van der Waals surface area contributed by atoms with E-state index in [1.807, 2.05) is 0 Å². The molecule has 1 saturated carbocycles. The second kappa shape index (κ2) is 5.42. The van der Waals surface area contributed by atoms with Crippen LogP contribution in [-0.2, 0) is 9.59 Å². The molecule has 0 spiro atoms. The molecule has 6 heteroatoms.